The van der Waals surface area contributed by atoms with Crippen LogP contribution in [0.25, 0.3) is 0 Å². The molecule has 0 heterocycles. The maximum atomic E-state index is 13.1. The van der Waals surface area contributed by atoms with Crippen LogP contribution in [0.3, 0.4) is 0 Å². The first-order valence-electron chi connectivity index (χ1n) is 13.9. The zero-order valence-electron chi connectivity index (χ0n) is 21.5. The molecule has 8 atom stereocenters. The molecular weight excluding hydrogens is 472 g/mol. The fourth-order valence-corrected chi connectivity index (χ4v) is 8.83. The van der Waals surface area contributed by atoms with Crippen LogP contribution >= 0.6 is 0 Å². The normalized spacial score (nSPS) is 34.7. The van der Waals surface area contributed by atoms with Crippen molar-refractivity contribution < 1.29 is 29.4 Å². The van der Waals surface area contributed by atoms with Crippen molar-refractivity contribution in [1.82, 2.24) is 0 Å². The molecular formula is C29H38N2O6. The molecule has 4 aliphatic carbocycles. The molecule has 1 aromatic carbocycles. The zero-order valence-corrected chi connectivity index (χ0v) is 21.5. The minimum absolute atomic E-state index is 0.131. The van der Waals surface area contributed by atoms with Gasteiger partial charge in [-0.05, 0) is 98.5 Å². The summed E-state index contributed by atoms with van der Waals surface area (Å²) in [6.45, 7) is 2.39. The largest absolute Gasteiger partial charge is 0.474 e. The van der Waals surface area contributed by atoms with Crippen LogP contribution in [-0.2, 0) is 19.2 Å². The van der Waals surface area contributed by atoms with Crippen molar-refractivity contribution in [3.05, 3.63) is 24.3 Å². The number of nitrogens with zero attached hydrogens (tertiary/aromatic N) is 1. The van der Waals surface area contributed by atoms with Gasteiger partial charge in [-0.2, -0.15) is 0 Å². The number of hydrogen-bond donors (Lipinski definition) is 3. The summed E-state index contributed by atoms with van der Waals surface area (Å²) in [5.41, 5.74) is 0.373. The molecule has 8 heteroatoms. The average Bonchev–Trinajstić information content (AvgIpc) is 2.83. The third-order valence-electron chi connectivity index (χ3n) is 9.72. The Morgan fingerprint density at radius 1 is 0.811 bits per heavy atom. The second-order valence-corrected chi connectivity index (χ2v) is 12.2. The molecule has 8 nitrogen and oxygen atoms in total. The van der Waals surface area contributed by atoms with Crippen LogP contribution in [0.2, 0.25) is 0 Å². The van der Waals surface area contributed by atoms with Gasteiger partial charge in [0.15, 0.2) is 0 Å². The van der Waals surface area contributed by atoms with E-state index >= 15 is 0 Å². The Morgan fingerprint density at radius 3 is 2.03 bits per heavy atom. The van der Waals surface area contributed by atoms with Crippen molar-refractivity contribution in [2.24, 2.45) is 41.4 Å². The quantitative estimate of drug-likeness (QED) is 0.501. The lowest BCUT2D eigenvalue weighted by Gasteiger charge is -2.54. The molecule has 200 valence electrons. The third-order valence-corrected chi connectivity index (χ3v) is 9.72. The van der Waals surface area contributed by atoms with E-state index < -0.39 is 23.8 Å². The molecule has 5 rings (SSSR count). The van der Waals surface area contributed by atoms with Gasteiger partial charge >= 0.3 is 23.8 Å². The Balaban J connectivity index is 1.41. The fraction of sp³-hybridized carbons (Fsp3) is 0.655. The summed E-state index contributed by atoms with van der Waals surface area (Å²) in [7, 11) is 0. The van der Waals surface area contributed by atoms with Crippen molar-refractivity contribution in [2.75, 3.05) is 10.2 Å². The second kappa shape index (κ2) is 10.5. The van der Waals surface area contributed by atoms with Crippen LogP contribution in [0.4, 0.5) is 11.4 Å². The number of carbonyl (C=O) groups is 4. The first-order chi connectivity index (χ1) is 17.7. The SMILES string of the molecule is C[C@@H]1C[C@@H]2C[C@H](C1)C[C@@H](C1[C@@H]3CCC[C@H]1C[C@@H](N(C(=O)C(=O)O)c1ccccc1NC(=O)C(=O)O)C3)C2. The molecule has 37 heavy (non-hydrogen) atoms. The Kier molecular flexibility index (Phi) is 7.28. The summed E-state index contributed by atoms with van der Waals surface area (Å²) in [6, 6.07) is 6.08. The molecule has 0 saturated heterocycles. The molecule has 0 aliphatic heterocycles. The number of para-hydroxylation sites is 2. The summed E-state index contributed by atoms with van der Waals surface area (Å²) >= 11 is 0. The number of aliphatic carboxylic acids is 2. The van der Waals surface area contributed by atoms with E-state index in [1.54, 1.807) is 18.2 Å². The number of hydrogen-bond acceptors (Lipinski definition) is 4. The van der Waals surface area contributed by atoms with E-state index in [1.807, 2.05) is 0 Å². The van der Waals surface area contributed by atoms with E-state index in [-0.39, 0.29) is 17.4 Å². The van der Waals surface area contributed by atoms with Gasteiger partial charge in [-0.1, -0.05) is 38.3 Å². The van der Waals surface area contributed by atoms with Gasteiger partial charge < -0.3 is 15.5 Å². The topological polar surface area (TPSA) is 124 Å². The summed E-state index contributed by atoms with van der Waals surface area (Å²) < 4.78 is 0. The molecule has 4 bridgehead atoms. The molecule has 0 spiro atoms. The van der Waals surface area contributed by atoms with E-state index in [0.29, 0.717) is 17.8 Å². The summed E-state index contributed by atoms with van der Waals surface area (Å²) in [5, 5.41) is 21.1. The average molecular weight is 511 g/mol. The second-order valence-electron chi connectivity index (χ2n) is 12.2. The number of rotatable bonds is 4. The van der Waals surface area contributed by atoms with Gasteiger partial charge in [-0.15, -0.1) is 0 Å². The van der Waals surface area contributed by atoms with Gasteiger partial charge in [-0.3, -0.25) is 14.5 Å². The molecule has 1 unspecified atom stereocenters. The number of carboxylic acids is 2. The molecule has 0 aromatic heterocycles. The number of anilines is 2. The van der Waals surface area contributed by atoms with Gasteiger partial charge in [0, 0.05) is 6.04 Å². The zero-order chi connectivity index (χ0) is 26.3. The van der Waals surface area contributed by atoms with Crippen LogP contribution in [0.5, 0.6) is 0 Å². The van der Waals surface area contributed by atoms with Gasteiger partial charge in [0.2, 0.25) is 0 Å². The molecule has 4 aliphatic rings. The Bertz CT molecular complexity index is 1040. The van der Waals surface area contributed by atoms with Crippen LogP contribution in [0.15, 0.2) is 24.3 Å². The fourth-order valence-electron chi connectivity index (χ4n) is 8.83. The van der Waals surface area contributed by atoms with Crippen LogP contribution in [0.1, 0.15) is 71.1 Å². The van der Waals surface area contributed by atoms with E-state index in [2.05, 4.69) is 12.2 Å². The minimum Gasteiger partial charge on any atom is -0.474 e. The predicted octanol–water partition coefficient (Wildman–Crippen LogP) is 4.78. The number of amides is 2. The van der Waals surface area contributed by atoms with Gasteiger partial charge in [0.1, 0.15) is 0 Å². The lowest BCUT2D eigenvalue weighted by atomic mass is 9.53. The highest BCUT2D eigenvalue weighted by Crippen LogP contribution is 2.56. The van der Waals surface area contributed by atoms with Crippen LogP contribution in [-0.4, -0.2) is 40.0 Å². The highest BCUT2D eigenvalue weighted by atomic mass is 16.4. The number of nitrogens with one attached hydrogen (secondary N) is 1. The molecule has 1 aromatic rings. The molecule has 4 fully saturated rings. The van der Waals surface area contributed by atoms with Crippen molar-refractivity contribution in [3.8, 4) is 0 Å². The number of benzene rings is 1. The predicted molar refractivity (Wildman–Crippen MR) is 138 cm³/mol. The minimum atomic E-state index is -1.65. The maximum Gasteiger partial charge on any atom is 0.394 e. The van der Waals surface area contributed by atoms with Crippen molar-refractivity contribution >= 4 is 35.1 Å². The monoisotopic (exact) mass is 510 g/mol. The highest BCUT2D eigenvalue weighted by Gasteiger charge is 2.49. The molecule has 2 amide bonds. The Morgan fingerprint density at radius 2 is 1.43 bits per heavy atom. The van der Waals surface area contributed by atoms with Crippen LogP contribution < -0.4 is 10.2 Å². The smallest absolute Gasteiger partial charge is 0.394 e. The van der Waals surface area contributed by atoms with Crippen LogP contribution in [0, 0.1) is 41.4 Å². The van der Waals surface area contributed by atoms with Crippen molar-refractivity contribution in [3.63, 3.8) is 0 Å². The van der Waals surface area contributed by atoms with Gasteiger partial charge in [-0.25, -0.2) is 9.59 Å². The lowest BCUT2D eigenvalue weighted by molar-refractivity contribution is -0.149. The van der Waals surface area contributed by atoms with E-state index in [9.17, 15) is 24.3 Å². The van der Waals surface area contributed by atoms with Gasteiger partial charge in [0.05, 0.1) is 11.4 Å². The standard InChI is InChI=1S/C29H38N2O6/c1-16-9-17-11-18(10-16)13-21(12-17)25-19-5-4-6-20(25)15-22(14-19)31(27(33)29(36)37)24-8-3-2-7-23(24)30-26(32)28(34)35/h2-3,7-8,16-22,25H,4-6,9-15H2,1H3,(H,30,32)(H,34,35)(H,36,37)/t16-,17-,18+,19-,20+,21+,22+,25?. The van der Waals surface area contributed by atoms with Gasteiger partial charge in [0.25, 0.3) is 0 Å². The number of carboxylic acid groups (broad SMARTS) is 2. The maximum absolute atomic E-state index is 13.1. The lowest BCUT2D eigenvalue weighted by Crippen LogP contribution is -2.53. The molecule has 4 saturated carbocycles. The van der Waals surface area contributed by atoms with E-state index in [0.717, 1.165) is 49.4 Å². The summed E-state index contributed by atoms with van der Waals surface area (Å²) in [5.74, 6) is -0.724. The summed E-state index contributed by atoms with van der Waals surface area (Å²) in [6.07, 6.45) is 11.6. The van der Waals surface area contributed by atoms with Crippen molar-refractivity contribution in [1.29, 1.82) is 0 Å². The molecule has 0 radical (unpaired) electrons. The number of fused-ring (bicyclic) bond motifs is 4. The Labute approximate surface area is 217 Å². The third kappa shape index (κ3) is 5.25. The number of carbonyl (C=O) groups excluding carboxylic acids is 2. The Hall–Kier alpha value is -2.90. The van der Waals surface area contributed by atoms with E-state index in [1.165, 1.54) is 49.5 Å². The first kappa shape index (κ1) is 25.7. The first-order valence-corrected chi connectivity index (χ1v) is 13.9. The highest BCUT2D eigenvalue weighted by molar-refractivity contribution is 6.39. The summed E-state index contributed by atoms with van der Waals surface area (Å²) in [4.78, 5) is 49.4. The van der Waals surface area contributed by atoms with Crippen molar-refractivity contribution in [2.45, 2.75) is 77.2 Å². The van der Waals surface area contributed by atoms with E-state index in [4.69, 9.17) is 5.11 Å². The molecule has 3 N–H and O–H groups in total.